The van der Waals surface area contributed by atoms with E-state index in [9.17, 15) is 4.79 Å². The van der Waals surface area contributed by atoms with Crippen molar-refractivity contribution in [3.05, 3.63) is 5.89 Å². The van der Waals surface area contributed by atoms with Gasteiger partial charge in [0.15, 0.2) is 0 Å². The Morgan fingerprint density at radius 3 is 2.94 bits per heavy atom. The lowest BCUT2D eigenvalue weighted by Gasteiger charge is -2.09. The molecule has 1 aromatic heterocycles. The van der Waals surface area contributed by atoms with Crippen molar-refractivity contribution < 1.29 is 9.21 Å². The first-order valence-corrected chi connectivity index (χ1v) is 6.08. The van der Waals surface area contributed by atoms with E-state index in [1.165, 1.54) is 11.8 Å². The fraction of sp³-hybridized carbons (Fsp3) is 0.667. The van der Waals surface area contributed by atoms with Crippen LogP contribution < -0.4 is 11.1 Å². The SMILES string of the molecule is CCC(C)NC(=O)CSc1nnc(CN)o1. The van der Waals surface area contributed by atoms with Gasteiger partial charge in [-0.05, 0) is 13.3 Å². The molecule has 90 valence electrons. The average molecular weight is 244 g/mol. The smallest absolute Gasteiger partial charge is 0.277 e. The summed E-state index contributed by atoms with van der Waals surface area (Å²) in [6, 6.07) is 0.190. The molecular weight excluding hydrogens is 228 g/mol. The molecule has 0 aliphatic carbocycles. The van der Waals surface area contributed by atoms with Crippen LogP contribution >= 0.6 is 11.8 Å². The molecule has 0 radical (unpaired) electrons. The second kappa shape index (κ2) is 6.49. The zero-order valence-corrected chi connectivity index (χ0v) is 10.2. The Morgan fingerprint density at radius 2 is 2.38 bits per heavy atom. The van der Waals surface area contributed by atoms with E-state index in [0.717, 1.165) is 6.42 Å². The van der Waals surface area contributed by atoms with Crippen molar-refractivity contribution in [2.24, 2.45) is 5.73 Å². The number of nitrogens with one attached hydrogen (secondary N) is 1. The first kappa shape index (κ1) is 13.0. The van der Waals surface area contributed by atoms with Crippen molar-refractivity contribution in [3.63, 3.8) is 0 Å². The molecule has 1 unspecified atom stereocenters. The van der Waals surface area contributed by atoms with Gasteiger partial charge in [-0.2, -0.15) is 0 Å². The molecule has 0 bridgehead atoms. The van der Waals surface area contributed by atoms with Crippen LogP contribution in [0.2, 0.25) is 0 Å². The normalized spacial score (nSPS) is 12.4. The van der Waals surface area contributed by atoms with Gasteiger partial charge in [0.1, 0.15) is 0 Å². The quantitative estimate of drug-likeness (QED) is 0.709. The van der Waals surface area contributed by atoms with Crippen LogP contribution in [0.5, 0.6) is 0 Å². The molecule has 0 aliphatic heterocycles. The second-order valence-corrected chi connectivity index (χ2v) is 4.26. The predicted molar refractivity (Wildman–Crippen MR) is 60.8 cm³/mol. The fourth-order valence-corrected chi connectivity index (χ4v) is 1.52. The number of nitrogens with two attached hydrogens (primary N) is 1. The topological polar surface area (TPSA) is 94.0 Å². The molecule has 0 saturated heterocycles. The summed E-state index contributed by atoms with van der Waals surface area (Å²) in [5.74, 6) is 0.619. The van der Waals surface area contributed by atoms with Gasteiger partial charge in [-0.25, -0.2) is 0 Å². The number of carbonyl (C=O) groups is 1. The lowest BCUT2D eigenvalue weighted by molar-refractivity contribution is -0.119. The molecule has 0 spiro atoms. The Balaban J connectivity index is 2.31. The number of aromatic nitrogens is 2. The molecule has 6 nitrogen and oxygen atoms in total. The number of nitrogens with zero attached hydrogens (tertiary/aromatic N) is 2. The summed E-state index contributed by atoms with van der Waals surface area (Å²) in [6.07, 6.45) is 0.911. The van der Waals surface area contributed by atoms with E-state index in [-0.39, 0.29) is 24.2 Å². The highest BCUT2D eigenvalue weighted by Gasteiger charge is 2.10. The summed E-state index contributed by atoms with van der Waals surface area (Å²) in [7, 11) is 0. The van der Waals surface area contributed by atoms with Gasteiger partial charge in [0.05, 0.1) is 12.3 Å². The average Bonchev–Trinajstić information content (AvgIpc) is 2.74. The summed E-state index contributed by atoms with van der Waals surface area (Å²) in [6.45, 7) is 4.19. The molecule has 0 aromatic carbocycles. The minimum absolute atomic E-state index is 0.0353. The van der Waals surface area contributed by atoms with Crippen LogP contribution in [0.4, 0.5) is 0 Å². The molecule has 0 fully saturated rings. The lowest BCUT2D eigenvalue weighted by atomic mass is 10.3. The predicted octanol–water partition coefficient (Wildman–Crippen LogP) is 0.535. The molecule has 1 aromatic rings. The number of hydrogen-bond donors (Lipinski definition) is 2. The molecule has 3 N–H and O–H groups in total. The summed E-state index contributed by atoms with van der Waals surface area (Å²) in [4.78, 5) is 11.4. The number of thioether (sulfide) groups is 1. The minimum Gasteiger partial charge on any atom is -0.415 e. The van der Waals surface area contributed by atoms with Crippen LogP contribution in [-0.2, 0) is 11.3 Å². The number of carbonyl (C=O) groups excluding carboxylic acids is 1. The molecule has 0 aliphatic rings. The summed E-state index contributed by atoms with van der Waals surface area (Å²) < 4.78 is 5.15. The Hall–Kier alpha value is -1.08. The maximum absolute atomic E-state index is 11.4. The van der Waals surface area contributed by atoms with Gasteiger partial charge in [0.25, 0.3) is 5.22 Å². The van der Waals surface area contributed by atoms with Crippen LogP contribution in [0.1, 0.15) is 26.2 Å². The second-order valence-electron chi connectivity index (χ2n) is 3.33. The largest absolute Gasteiger partial charge is 0.415 e. The first-order chi connectivity index (χ1) is 7.65. The zero-order valence-electron chi connectivity index (χ0n) is 9.40. The Labute approximate surface area is 98.4 Å². The Kier molecular flexibility index (Phi) is 5.27. The highest BCUT2D eigenvalue weighted by Crippen LogP contribution is 2.15. The van der Waals surface area contributed by atoms with Gasteiger partial charge in [-0.15, -0.1) is 10.2 Å². The van der Waals surface area contributed by atoms with E-state index in [4.69, 9.17) is 10.2 Å². The van der Waals surface area contributed by atoms with Crippen molar-refractivity contribution in [2.45, 2.75) is 38.1 Å². The van der Waals surface area contributed by atoms with Gasteiger partial charge >= 0.3 is 0 Å². The third kappa shape index (κ3) is 4.19. The lowest BCUT2D eigenvalue weighted by Crippen LogP contribution is -2.33. The van der Waals surface area contributed by atoms with Crippen molar-refractivity contribution in [3.8, 4) is 0 Å². The van der Waals surface area contributed by atoms with E-state index in [1.807, 2.05) is 13.8 Å². The van der Waals surface area contributed by atoms with Crippen molar-refractivity contribution in [1.82, 2.24) is 15.5 Å². The molecule has 0 saturated carbocycles. The van der Waals surface area contributed by atoms with Crippen LogP contribution in [0.15, 0.2) is 9.64 Å². The van der Waals surface area contributed by atoms with E-state index in [1.54, 1.807) is 0 Å². The highest BCUT2D eigenvalue weighted by molar-refractivity contribution is 7.99. The fourth-order valence-electron chi connectivity index (χ4n) is 0.925. The molecule has 1 amide bonds. The van der Waals surface area contributed by atoms with Crippen LogP contribution in [0.25, 0.3) is 0 Å². The third-order valence-corrected chi connectivity index (χ3v) is 2.79. The molecule has 1 rings (SSSR count). The standard InChI is InChI=1S/C9H16N4O2S/c1-3-6(2)11-7(14)5-16-9-13-12-8(4-10)15-9/h6H,3-5,10H2,1-2H3,(H,11,14). The van der Waals surface area contributed by atoms with Crippen molar-refractivity contribution >= 4 is 17.7 Å². The monoisotopic (exact) mass is 244 g/mol. The molecule has 7 heteroatoms. The van der Waals surface area contributed by atoms with Crippen LogP contribution in [-0.4, -0.2) is 27.9 Å². The van der Waals surface area contributed by atoms with Crippen LogP contribution in [0.3, 0.4) is 0 Å². The van der Waals surface area contributed by atoms with Crippen LogP contribution in [0, 0.1) is 0 Å². The van der Waals surface area contributed by atoms with E-state index in [2.05, 4.69) is 15.5 Å². The summed E-state index contributed by atoms with van der Waals surface area (Å²) >= 11 is 1.21. The molecule has 1 atom stereocenters. The van der Waals surface area contributed by atoms with E-state index >= 15 is 0 Å². The number of amides is 1. The maximum Gasteiger partial charge on any atom is 0.277 e. The first-order valence-electron chi connectivity index (χ1n) is 5.10. The molecular formula is C9H16N4O2S. The van der Waals surface area contributed by atoms with Gasteiger partial charge in [0, 0.05) is 6.04 Å². The van der Waals surface area contributed by atoms with Crippen molar-refractivity contribution in [1.29, 1.82) is 0 Å². The minimum atomic E-state index is -0.0353. The Morgan fingerprint density at radius 1 is 1.62 bits per heavy atom. The van der Waals surface area contributed by atoms with E-state index < -0.39 is 0 Å². The zero-order chi connectivity index (χ0) is 12.0. The van der Waals surface area contributed by atoms with Gasteiger partial charge in [-0.3, -0.25) is 4.79 Å². The maximum atomic E-state index is 11.4. The summed E-state index contributed by atoms with van der Waals surface area (Å²) in [5.41, 5.74) is 5.32. The third-order valence-electron chi connectivity index (χ3n) is 1.97. The van der Waals surface area contributed by atoms with Crippen molar-refractivity contribution in [2.75, 3.05) is 5.75 Å². The molecule has 16 heavy (non-hydrogen) atoms. The number of hydrogen-bond acceptors (Lipinski definition) is 6. The summed E-state index contributed by atoms with van der Waals surface area (Å²) in [5, 5.41) is 10.7. The Bertz CT molecular complexity index is 342. The highest BCUT2D eigenvalue weighted by atomic mass is 32.2. The van der Waals surface area contributed by atoms with E-state index in [0.29, 0.717) is 11.1 Å². The molecule has 1 heterocycles. The number of rotatable bonds is 6. The van der Waals surface area contributed by atoms with Gasteiger partial charge < -0.3 is 15.5 Å². The van der Waals surface area contributed by atoms with Gasteiger partial charge in [0.2, 0.25) is 11.8 Å². The van der Waals surface area contributed by atoms with Gasteiger partial charge in [-0.1, -0.05) is 18.7 Å².